The van der Waals surface area contributed by atoms with Crippen LogP contribution in [0.15, 0.2) is 60.8 Å². The summed E-state index contributed by atoms with van der Waals surface area (Å²) in [5.41, 5.74) is 0.568. The van der Waals surface area contributed by atoms with Crippen molar-refractivity contribution in [2.24, 2.45) is 0 Å². The molecule has 0 saturated heterocycles. The number of pyridine rings is 1. The fraction of sp³-hybridized carbons (Fsp3) is 0. The summed E-state index contributed by atoms with van der Waals surface area (Å²) in [5, 5.41) is 13.9. The lowest BCUT2D eigenvalue weighted by atomic mass is 10.1. The van der Waals surface area contributed by atoms with E-state index in [1.807, 2.05) is 36.4 Å². The predicted octanol–water partition coefficient (Wildman–Crippen LogP) is 3.19. The Morgan fingerprint density at radius 2 is 1.80 bits per heavy atom. The molecule has 3 aromatic rings. The topological polar surface area (TPSA) is 62.2 Å². The fourth-order valence-electron chi connectivity index (χ4n) is 1.98. The third kappa shape index (κ3) is 2.44. The third-order valence-electron chi connectivity index (χ3n) is 3.00. The molecule has 98 valence electrons. The van der Waals surface area contributed by atoms with Crippen molar-refractivity contribution in [3.63, 3.8) is 0 Å². The molecule has 2 N–H and O–H groups in total. The molecule has 1 amide bonds. The second-order valence-electron chi connectivity index (χ2n) is 4.42. The molecule has 0 atom stereocenters. The molecule has 0 bridgehead atoms. The van der Waals surface area contributed by atoms with Crippen LogP contribution >= 0.6 is 0 Å². The van der Waals surface area contributed by atoms with Gasteiger partial charge in [-0.1, -0.05) is 30.3 Å². The molecule has 0 unspecified atom stereocenters. The first-order chi connectivity index (χ1) is 9.72. The number of carbonyl (C=O) groups is 1. The molecule has 4 nitrogen and oxygen atoms in total. The summed E-state index contributed by atoms with van der Waals surface area (Å²) in [6, 6.07) is 16.4. The summed E-state index contributed by atoms with van der Waals surface area (Å²) in [6.07, 6.45) is 1.29. The molecule has 3 rings (SSSR count). The van der Waals surface area contributed by atoms with Gasteiger partial charge >= 0.3 is 0 Å². The van der Waals surface area contributed by atoms with Gasteiger partial charge in [0.25, 0.3) is 5.91 Å². The molecule has 0 saturated carbocycles. The number of carbonyl (C=O) groups excluding carboxylic acids is 1. The molecular weight excluding hydrogens is 252 g/mol. The quantitative estimate of drug-likeness (QED) is 0.747. The van der Waals surface area contributed by atoms with Gasteiger partial charge in [-0.25, -0.2) is 4.98 Å². The van der Waals surface area contributed by atoms with Crippen LogP contribution in [0.4, 0.5) is 5.82 Å². The van der Waals surface area contributed by atoms with Gasteiger partial charge in [0.2, 0.25) is 0 Å². The minimum Gasteiger partial charge on any atom is -0.506 e. The van der Waals surface area contributed by atoms with Crippen LogP contribution < -0.4 is 5.32 Å². The number of hydrogen-bond acceptors (Lipinski definition) is 3. The summed E-state index contributed by atoms with van der Waals surface area (Å²) in [7, 11) is 0. The van der Waals surface area contributed by atoms with Gasteiger partial charge in [0.05, 0.1) is 6.20 Å². The first-order valence-corrected chi connectivity index (χ1v) is 6.17. The number of benzene rings is 2. The van der Waals surface area contributed by atoms with E-state index in [0.717, 1.165) is 10.8 Å². The van der Waals surface area contributed by atoms with Gasteiger partial charge in [-0.3, -0.25) is 4.79 Å². The fourth-order valence-corrected chi connectivity index (χ4v) is 1.98. The van der Waals surface area contributed by atoms with Gasteiger partial charge in [0, 0.05) is 5.56 Å². The largest absolute Gasteiger partial charge is 0.506 e. The summed E-state index contributed by atoms with van der Waals surface area (Å²) < 4.78 is 0. The average molecular weight is 264 g/mol. The lowest BCUT2D eigenvalue weighted by Gasteiger charge is -2.05. The molecule has 0 radical (unpaired) electrons. The number of amides is 1. The van der Waals surface area contributed by atoms with Crippen molar-refractivity contribution in [2.45, 2.75) is 0 Å². The highest BCUT2D eigenvalue weighted by atomic mass is 16.3. The van der Waals surface area contributed by atoms with Crippen molar-refractivity contribution in [3.8, 4) is 5.75 Å². The molecule has 0 fully saturated rings. The zero-order valence-corrected chi connectivity index (χ0v) is 10.6. The number of hydrogen-bond donors (Lipinski definition) is 2. The van der Waals surface area contributed by atoms with Crippen LogP contribution in [0.1, 0.15) is 10.4 Å². The molecule has 1 heterocycles. The van der Waals surface area contributed by atoms with E-state index in [-0.39, 0.29) is 11.7 Å². The molecule has 0 aliphatic rings. The Kier molecular flexibility index (Phi) is 3.05. The van der Waals surface area contributed by atoms with Gasteiger partial charge in [-0.2, -0.15) is 0 Å². The monoisotopic (exact) mass is 264 g/mol. The molecule has 2 aromatic carbocycles. The van der Waals surface area contributed by atoms with Crippen LogP contribution in [0.2, 0.25) is 0 Å². The molecule has 0 spiro atoms. The first kappa shape index (κ1) is 12.2. The van der Waals surface area contributed by atoms with E-state index in [9.17, 15) is 4.79 Å². The van der Waals surface area contributed by atoms with Crippen LogP contribution in [0.25, 0.3) is 10.8 Å². The van der Waals surface area contributed by atoms with Gasteiger partial charge < -0.3 is 10.4 Å². The smallest absolute Gasteiger partial charge is 0.256 e. The highest BCUT2D eigenvalue weighted by Gasteiger charge is 2.07. The Hall–Kier alpha value is -2.88. The maximum atomic E-state index is 12.1. The third-order valence-corrected chi connectivity index (χ3v) is 3.00. The van der Waals surface area contributed by atoms with Gasteiger partial charge in [0.1, 0.15) is 11.6 Å². The minimum atomic E-state index is -0.228. The molecule has 20 heavy (non-hydrogen) atoms. The lowest BCUT2D eigenvalue weighted by molar-refractivity contribution is 0.102. The standard InChI is InChI=1S/C16H12N2O2/c19-14-7-8-15(17-10-14)18-16(20)13-6-5-11-3-1-2-4-12(11)9-13/h1-10,19H,(H,17,18,20). The molecular formula is C16H12N2O2. The molecule has 0 aliphatic heterocycles. The summed E-state index contributed by atoms with van der Waals surface area (Å²) in [6.45, 7) is 0. The van der Waals surface area contributed by atoms with E-state index in [1.54, 1.807) is 12.1 Å². The van der Waals surface area contributed by atoms with E-state index >= 15 is 0 Å². The van der Waals surface area contributed by atoms with Crippen molar-refractivity contribution < 1.29 is 9.90 Å². The van der Waals surface area contributed by atoms with Crippen molar-refractivity contribution in [2.75, 3.05) is 5.32 Å². The molecule has 4 heteroatoms. The normalized spacial score (nSPS) is 10.4. The van der Waals surface area contributed by atoms with Crippen LogP contribution in [0.3, 0.4) is 0 Å². The van der Waals surface area contributed by atoms with Crippen LogP contribution in [-0.4, -0.2) is 16.0 Å². The van der Waals surface area contributed by atoms with E-state index in [0.29, 0.717) is 11.4 Å². The lowest BCUT2D eigenvalue weighted by Crippen LogP contribution is -2.12. The van der Waals surface area contributed by atoms with E-state index in [1.165, 1.54) is 12.3 Å². The predicted molar refractivity (Wildman–Crippen MR) is 77.8 cm³/mol. The van der Waals surface area contributed by atoms with Crippen molar-refractivity contribution in [1.29, 1.82) is 0 Å². The van der Waals surface area contributed by atoms with E-state index < -0.39 is 0 Å². The SMILES string of the molecule is O=C(Nc1ccc(O)cn1)c1ccc2ccccc2c1. The first-order valence-electron chi connectivity index (χ1n) is 6.17. The Morgan fingerprint density at radius 3 is 2.55 bits per heavy atom. The van der Waals surface area contributed by atoms with E-state index in [4.69, 9.17) is 5.11 Å². The van der Waals surface area contributed by atoms with Gasteiger partial charge in [0.15, 0.2) is 0 Å². The van der Waals surface area contributed by atoms with Crippen molar-refractivity contribution >= 4 is 22.5 Å². The number of aromatic hydroxyl groups is 1. The van der Waals surface area contributed by atoms with E-state index in [2.05, 4.69) is 10.3 Å². The van der Waals surface area contributed by atoms with Crippen LogP contribution in [0.5, 0.6) is 5.75 Å². The Labute approximate surface area is 115 Å². The number of rotatable bonds is 2. The van der Waals surface area contributed by atoms with Gasteiger partial charge in [-0.15, -0.1) is 0 Å². The minimum absolute atomic E-state index is 0.0636. The van der Waals surface area contributed by atoms with Gasteiger partial charge in [-0.05, 0) is 35.0 Å². The highest BCUT2D eigenvalue weighted by molar-refractivity contribution is 6.06. The number of nitrogens with one attached hydrogen (secondary N) is 1. The Bertz CT molecular complexity index is 767. The zero-order chi connectivity index (χ0) is 13.9. The maximum Gasteiger partial charge on any atom is 0.256 e. The second kappa shape index (κ2) is 5.01. The number of aromatic nitrogens is 1. The average Bonchev–Trinajstić information content (AvgIpc) is 2.49. The maximum absolute atomic E-state index is 12.1. The molecule has 1 aromatic heterocycles. The Morgan fingerprint density at radius 1 is 1.00 bits per heavy atom. The highest BCUT2D eigenvalue weighted by Crippen LogP contribution is 2.17. The van der Waals surface area contributed by atoms with Crippen molar-refractivity contribution in [3.05, 3.63) is 66.4 Å². The van der Waals surface area contributed by atoms with Crippen molar-refractivity contribution in [1.82, 2.24) is 4.98 Å². The number of nitrogens with zero attached hydrogens (tertiary/aromatic N) is 1. The summed E-state index contributed by atoms with van der Waals surface area (Å²) in [4.78, 5) is 16.1. The zero-order valence-electron chi connectivity index (χ0n) is 10.6. The molecule has 0 aliphatic carbocycles. The summed E-state index contributed by atoms with van der Waals surface area (Å²) in [5.74, 6) is 0.239. The number of anilines is 1. The summed E-state index contributed by atoms with van der Waals surface area (Å²) >= 11 is 0. The number of fused-ring (bicyclic) bond motifs is 1. The second-order valence-corrected chi connectivity index (χ2v) is 4.42. The van der Waals surface area contributed by atoms with Crippen LogP contribution in [0, 0.1) is 0 Å². The van der Waals surface area contributed by atoms with Crippen LogP contribution in [-0.2, 0) is 0 Å². The Balaban J connectivity index is 1.86.